The Hall–Kier alpha value is -3.09. The van der Waals surface area contributed by atoms with E-state index in [-0.39, 0.29) is 24.2 Å². The molecule has 0 saturated carbocycles. The van der Waals surface area contributed by atoms with Gasteiger partial charge in [0.05, 0.1) is 36.3 Å². The molecule has 2 atom stereocenters. The maximum Gasteiger partial charge on any atom is 0.316 e. The molecule has 2 aromatic rings. The first-order chi connectivity index (χ1) is 15.5. The minimum Gasteiger partial charge on any atom is -0.495 e. The number of aliphatic imine (C=N–C) groups is 1. The molecule has 1 aliphatic rings. The molecule has 1 aromatic heterocycles. The van der Waals surface area contributed by atoms with E-state index in [1.807, 2.05) is 23.6 Å². The number of esters is 1. The Morgan fingerprint density at radius 1 is 1.28 bits per heavy atom. The quantitative estimate of drug-likeness (QED) is 0.595. The standard InChI is InChI=1S/C23H23N3O4S2/c1-4-30-19(27)13-32-23-15(12-24)21(18-10-7-11-31-18)20(14(2)25-23)22(28)26-16-8-5-6-9-17(16)29-3/h5-11,15,21H,4,13H2,1-3H3,(H,26,28)/t15?,21-/m0/s1. The molecule has 3 rings (SSSR count). The summed E-state index contributed by atoms with van der Waals surface area (Å²) in [6, 6.07) is 13.2. The minimum absolute atomic E-state index is 0.0536. The van der Waals surface area contributed by atoms with Crippen LogP contribution < -0.4 is 10.1 Å². The number of anilines is 1. The first-order valence-electron chi connectivity index (χ1n) is 9.95. The molecular formula is C23H23N3O4S2. The van der Waals surface area contributed by atoms with Gasteiger partial charge in [0.25, 0.3) is 5.91 Å². The van der Waals surface area contributed by atoms with Crippen molar-refractivity contribution < 1.29 is 19.1 Å². The monoisotopic (exact) mass is 469 g/mol. The Balaban J connectivity index is 1.98. The van der Waals surface area contributed by atoms with Crippen LogP contribution in [0.4, 0.5) is 5.69 Å². The molecule has 1 aliphatic heterocycles. The summed E-state index contributed by atoms with van der Waals surface area (Å²) in [5.41, 5.74) is 1.46. The molecule has 0 fully saturated rings. The van der Waals surface area contributed by atoms with Crippen LogP contribution in [-0.2, 0) is 14.3 Å². The number of hydrogen-bond acceptors (Lipinski definition) is 8. The number of para-hydroxylation sites is 2. The van der Waals surface area contributed by atoms with Gasteiger partial charge >= 0.3 is 5.97 Å². The van der Waals surface area contributed by atoms with Gasteiger partial charge < -0.3 is 14.8 Å². The van der Waals surface area contributed by atoms with Crippen molar-refractivity contribution in [3.63, 3.8) is 0 Å². The van der Waals surface area contributed by atoms with Gasteiger partial charge in [-0.2, -0.15) is 5.26 Å². The van der Waals surface area contributed by atoms with E-state index in [0.29, 0.717) is 27.8 Å². The number of nitrogens with one attached hydrogen (secondary N) is 1. The number of allylic oxidation sites excluding steroid dienone is 1. The first-order valence-corrected chi connectivity index (χ1v) is 11.8. The van der Waals surface area contributed by atoms with Crippen LogP contribution in [0.1, 0.15) is 24.6 Å². The third-order valence-electron chi connectivity index (χ3n) is 4.81. The fourth-order valence-corrected chi connectivity index (χ4v) is 5.23. The SMILES string of the molecule is CCOC(=O)CSC1=NC(C)=C(C(=O)Nc2ccccc2OC)[C@H](c2cccs2)C1C#N. The molecule has 1 N–H and O–H groups in total. The molecule has 1 amide bonds. The first kappa shape index (κ1) is 23.6. The summed E-state index contributed by atoms with van der Waals surface area (Å²) in [5, 5.41) is 15.3. The van der Waals surface area contributed by atoms with Gasteiger partial charge in [-0.3, -0.25) is 9.59 Å². The summed E-state index contributed by atoms with van der Waals surface area (Å²) in [6.45, 7) is 3.78. The van der Waals surface area contributed by atoms with E-state index in [1.165, 1.54) is 30.2 Å². The topological polar surface area (TPSA) is 101 Å². The lowest BCUT2D eigenvalue weighted by Crippen LogP contribution is -2.31. The predicted molar refractivity (Wildman–Crippen MR) is 127 cm³/mol. The molecule has 0 spiro atoms. The van der Waals surface area contributed by atoms with Gasteiger partial charge in [0.2, 0.25) is 0 Å². The summed E-state index contributed by atoms with van der Waals surface area (Å²) in [6.07, 6.45) is 0. The van der Waals surface area contributed by atoms with Gasteiger partial charge in [-0.15, -0.1) is 11.3 Å². The summed E-state index contributed by atoms with van der Waals surface area (Å²) < 4.78 is 10.3. The average Bonchev–Trinajstić information content (AvgIpc) is 3.32. The van der Waals surface area contributed by atoms with Crippen LogP contribution in [0.3, 0.4) is 0 Å². The number of carbonyl (C=O) groups is 2. The Labute approximate surface area is 195 Å². The maximum absolute atomic E-state index is 13.4. The van der Waals surface area contributed by atoms with Gasteiger partial charge in [0.15, 0.2) is 0 Å². The van der Waals surface area contributed by atoms with E-state index in [2.05, 4.69) is 16.4 Å². The van der Waals surface area contributed by atoms with Crippen LogP contribution in [0.2, 0.25) is 0 Å². The van der Waals surface area contributed by atoms with Crippen LogP contribution in [0.5, 0.6) is 5.75 Å². The predicted octanol–water partition coefficient (Wildman–Crippen LogP) is 4.60. The lowest BCUT2D eigenvalue weighted by atomic mass is 9.82. The van der Waals surface area contributed by atoms with E-state index in [1.54, 1.807) is 32.0 Å². The molecule has 7 nitrogen and oxygen atoms in total. The lowest BCUT2D eigenvalue weighted by Gasteiger charge is -2.29. The number of nitriles is 1. The zero-order valence-electron chi connectivity index (χ0n) is 18.0. The van der Waals surface area contributed by atoms with Crippen molar-refractivity contribution in [2.24, 2.45) is 10.9 Å². The number of thioether (sulfide) groups is 1. The van der Waals surface area contributed by atoms with Crippen molar-refractivity contribution in [3.8, 4) is 11.8 Å². The number of hydrogen-bond donors (Lipinski definition) is 1. The number of benzene rings is 1. The maximum atomic E-state index is 13.4. The number of ether oxygens (including phenoxy) is 2. The normalized spacial score (nSPS) is 17.9. The number of carbonyl (C=O) groups excluding carboxylic acids is 2. The fraction of sp³-hybridized carbons (Fsp3) is 0.304. The van der Waals surface area contributed by atoms with Crippen LogP contribution in [0.15, 0.2) is 58.0 Å². The molecule has 32 heavy (non-hydrogen) atoms. The third kappa shape index (κ3) is 5.21. The number of amides is 1. The molecule has 1 aromatic carbocycles. The van der Waals surface area contributed by atoms with E-state index < -0.39 is 11.8 Å². The molecular weight excluding hydrogens is 446 g/mol. The van der Waals surface area contributed by atoms with Crippen molar-refractivity contribution in [1.82, 2.24) is 0 Å². The molecule has 0 saturated heterocycles. The van der Waals surface area contributed by atoms with E-state index >= 15 is 0 Å². The molecule has 9 heteroatoms. The Bertz CT molecular complexity index is 1090. The van der Waals surface area contributed by atoms with Gasteiger partial charge in [-0.25, -0.2) is 4.99 Å². The van der Waals surface area contributed by atoms with Gasteiger partial charge in [0.1, 0.15) is 11.7 Å². The van der Waals surface area contributed by atoms with Crippen molar-refractivity contribution >= 4 is 45.7 Å². The minimum atomic E-state index is -0.699. The Morgan fingerprint density at radius 2 is 2.06 bits per heavy atom. The second-order valence-electron chi connectivity index (χ2n) is 6.80. The van der Waals surface area contributed by atoms with Crippen molar-refractivity contribution in [1.29, 1.82) is 5.26 Å². The van der Waals surface area contributed by atoms with Gasteiger partial charge in [0, 0.05) is 22.1 Å². The highest BCUT2D eigenvalue weighted by atomic mass is 32.2. The van der Waals surface area contributed by atoms with Crippen LogP contribution in [0, 0.1) is 17.2 Å². The molecule has 166 valence electrons. The van der Waals surface area contributed by atoms with E-state index in [9.17, 15) is 14.9 Å². The fourth-order valence-electron chi connectivity index (χ4n) is 3.43. The number of thiophene rings is 1. The second kappa shape index (κ2) is 11.0. The highest BCUT2D eigenvalue weighted by molar-refractivity contribution is 8.14. The van der Waals surface area contributed by atoms with Crippen LogP contribution in [-0.4, -0.2) is 36.4 Å². The number of rotatable bonds is 7. The zero-order valence-corrected chi connectivity index (χ0v) is 19.6. The van der Waals surface area contributed by atoms with Crippen molar-refractivity contribution in [3.05, 3.63) is 57.9 Å². The Kier molecular flexibility index (Phi) is 8.09. The molecule has 2 heterocycles. The van der Waals surface area contributed by atoms with Gasteiger partial charge in [-0.1, -0.05) is 30.0 Å². The summed E-state index contributed by atoms with van der Waals surface area (Å²) in [7, 11) is 1.54. The average molecular weight is 470 g/mol. The van der Waals surface area contributed by atoms with Crippen molar-refractivity contribution in [2.75, 3.05) is 24.8 Å². The molecule has 0 radical (unpaired) electrons. The number of nitrogens with zero attached hydrogens (tertiary/aromatic N) is 2. The summed E-state index contributed by atoms with van der Waals surface area (Å²) >= 11 is 2.65. The van der Waals surface area contributed by atoms with Gasteiger partial charge in [-0.05, 0) is 37.4 Å². The zero-order chi connectivity index (χ0) is 23.1. The summed E-state index contributed by atoms with van der Waals surface area (Å²) in [5.74, 6) is -1.33. The van der Waals surface area contributed by atoms with Crippen LogP contribution in [0.25, 0.3) is 0 Å². The largest absolute Gasteiger partial charge is 0.495 e. The highest BCUT2D eigenvalue weighted by Gasteiger charge is 2.39. The molecule has 1 unspecified atom stereocenters. The smallest absolute Gasteiger partial charge is 0.316 e. The second-order valence-corrected chi connectivity index (χ2v) is 8.77. The third-order valence-corrected chi connectivity index (χ3v) is 6.79. The lowest BCUT2D eigenvalue weighted by molar-refractivity contribution is -0.139. The highest BCUT2D eigenvalue weighted by Crippen LogP contribution is 2.43. The summed E-state index contributed by atoms with van der Waals surface area (Å²) in [4.78, 5) is 30.7. The van der Waals surface area contributed by atoms with E-state index in [0.717, 1.165) is 4.88 Å². The number of methoxy groups -OCH3 is 1. The Morgan fingerprint density at radius 3 is 2.72 bits per heavy atom. The van der Waals surface area contributed by atoms with Crippen molar-refractivity contribution in [2.45, 2.75) is 19.8 Å². The van der Waals surface area contributed by atoms with Crippen LogP contribution >= 0.6 is 23.1 Å². The molecule has 0 bridgehead atoms. The molecule has 0 aliphatic carbocycles. The van der Waals surface area contributed by atoms with E-state index in [4.69, 9.17) is 9.47 Å².